The number of halogens is 3. The third-order valence-corrected chi connectivity index (χ3v) is 4.35. The van der Waals surface area contributed by atoms with Gasteiger partial charge in [0, 0.05) is 12.4 Å². The lowest BCUT2D eigenvalue weighted by molar-refractivity contribution is -0.138. The SMILES string of the molecule is CSC(=NC[Si](C)(C)C)c1cc(C(F)(F)F)c(C)cn1. The van der Waals surface area contributed by atoms with E-state index in [1.165, 1.54) is 24.9 Å². The van der Waals surface area contributed by atoms with Crippen molar-refractivity contribution in [2.24, 2.45) is 4.99 Å². The molecule has 1 rings (SSSR count). The van der Waals surface area contributed by atoms with Crippen LogP contribution in [0.1, 0.15) is 16.8 Å². The second-order valence-corrected chi connectivity index (χ2v) is 12.0. The van der Waals surface area contributed by atoms with Crippen LogP contribution in [0.5, 0.6) is 0 Å². The quantitative estimate of drug-likeness (QED) is 0.469. The Morgan fingerprint density at radius 3 is 2.40 bits per heavy atom. The van der Waals surface area contributed by atoms with Crippen LogP contribution in [0.15, 0.2) is 17.3 Å². The van der Waals surface area contributed by atoms with Crippen LogP contribution in [-0.2, 0) is 6.18 Å². The number of alkyl halides is 3. The highest BCUT2D eigenvalue weighted by Gasteiger charge is 2.33. The first-order valence-corrected chi connectivity index (χ1v) is 11.1. The Morgan fingerprint density at radius 1 is 1.35 bits per heavy atom. The largest absolute Gasteiger partial charge is 0.416 e. The van der Waals surface area contributed by atoms with Gasteiger partial charge in [-0.05, 0) is 24.8 Å². The molecule has 0 N–H and O–H groups in total. The number of hydrogen-bond donors (Lipinski definition) is 0. The monoisotopic (exact) mass is 320 g/mol. The standard InChI is InChI=1S/C13H19F3N2SSi/c1-9-7-17-11(6-10(9)13(14,15)16)12(19-2)18-8-20(3,4)5/h6-7H,8H2,1-5H3. The van der Waals surface area contributed by atoms with E-state index < -0.39 is 19.8 Å². The molecule has 2 nitrogen and oxygen atoms in total. The van der Waals surface area contributed by atoms with E-state index in [1.54, 1.807) is 6.26 Å². The molecule has 1 aromatic heterocycles. The molecule has 0 aliphatic heterocycles. The highest BCUT2D eigenvalue weighted by molar-refractivity contribution is 8.13. The van der Waals surface area contributed by atoms with Gasteiger partial charge in [-0.2, -0.15) is 13.2 Å². The summed E-state index contributed by atoms with van der Waals surface area (Å²) in [6, 6.07) is 1.09. The number of hydrogen-bond acceptors (Lipinski definition) is 3. The van der Waals surface area contributed by atoms with Crippen molar-refractivity contribution >= 4 is 24.9 Å². The first-order valence-electron chi connectivity index (χ1n) is 6.17. The van der Waals surface area contributed by atoms with Crippen molar-refractivity contribution in [2.75, 3.05) is 12.4 Å². The lowest BCUT2D eigenvalue weighted by Gasteiger charge is -2.14. The lowest BCUT2D eigenvalue weighted by Crippen LogP contribution is -2.25. The molecule has 0 bridgehead atoms. The van der Waals surface area contributed by atoms with Crippen LogP contribution in [0.3, 0.4) is 0 Å². The Morgan fingerprint density at radius 2 is 1.95 bits per heavy atom. The molecule has 0 aliphatic rings. The molecule has 7 heteroatoms. The first kappa shape index (κ1) is 17.2. The maximum atomic E-state index is 12.9. The van der Waals surface area contributed by atoms with Gasteiger partial charge < -0.3 is 0 Å². The minimum Gasteiger partial charge on any atom is -0.279 e. The van der Waals surface area contributed by atoms with Crippen LogP contribution in [0.2, 0.25) is 19.6 Å². The minimum absolute atomic E-state index is 0.131. The number of rotatable bonds is 3. The van der Waals surface area contributed by atoms with Gasteiger partial charge in [0.2, 0.25) is 0 Å². The zero-order valence-electron chi connectivity index (χ0n) is 12.3. The number of nitrogens with zero attached hydrogens (tertiary/aromatic N) is 2. The molecule has 0 aromatic carbocycles. The van der Waals surface area contributed by atoms with E-state index in [0.717, 1.165) is 6.07 Å². The fraction of sp³-hybridized carbons (Fsp3) is 0.538. The van der Waals surface area contributed by atoms with E-state index in [9.17, 15) is 13.2 Å². The normalized spacial score (nSPS) is 13.7. The van der Waals surface area contributed by atoms with Gasteiger partial charge in [-0.1, -0.05) is 19.6 Å². The summed E-state index contributed by atoms with van der Waals surface area (Å²) in [5.41, 5.74) is -0.210. The van der Waals surface area contributed by atoms with E-state index in [-0.39, 0.29) is 5.56 Å². The van der Waals surface area contributed by atoms with E-state index in [0.29, 0.717) is 16.9 Å². The third kappa shape index (κ3) is 4.94. The molecule has 20 heavy (non-hydrogen) atoms. The number of thioether (sulfide) groups is 1. The number of aliphatic imine (C=N–C) groups is 1. The number of aryl methyl sites for hydroxylation is 1. The highest BCUT2D eigenvalue weighted by atomic mass is 32.2. The van der Waals surface area contributed by atoms with Gasteiger partial charge in [0.1, 0.15) is 5.04 Å². The molecule has 112 valence electrons. The fourth-order valence-corrected chi connectivity index (χ4v) is 2.77. The van der Waals surface area contributed by atoms with Crippen molar-refractivity contribution in [2.45, 2.75) is 32.7 Å². The first-order chi connectivity index (χ1) is 9.04. The summed E-state index contributed by atoms with van der Waals surface area (Å²) in [6.45, 7) is 7.91. The maximum absolute atomic E-state index is 12.9. The fourth-order valence-electron chi connectivity index (χ4n) is 1.51. The molecule has 0 amide bonds. The minimum atomic E-state index is -4.36. The summed E-state index contributed by atoms with van der Waals surface area (Å²) in [4.78, 5) is 8.54. The predicted octanol–water partition coefficient (Wildman–Crippen LogP) is 4.40. The van der Waals surface area contributed by atoms with Crippen LogP contribution in [0.4, 0.5) is 13.2 Å². The summed E-state index contributed by atoms with van der Waals surface area (Å²) in [5, 5.41) is 0.568. The van der Waals surface area contributed by atoms with Crippen molar-refractivity contribution < 1.29 is 13.2 Å². The molecule has 0 saturated carbocycles. The van der Waals surface area contributed by atoms with Gasteiger partial charge in [0.15, 0.2) is 0 Å². The van der Waals surface area contributed by atoms with Gasteiger partial charge in [0.25, 0.3) is 0 Å². The molecule has 0 spiro atoms. The topological polar surface area (TPSA) is 25.2 Å². The van der Waals surface area contributed by atoms with E-state index in [1.807, 2.05) is 0 Å². The second kappa shape index (κ2) is 6.30. The number of aromatic nitrogens is 1. The maximum Gasteiger partial charge on any atom is 0.416 e. The molecule has 0 aliphatic carbocycles. The third-order valence-electron chi connectivity index (χ3n) is 2.52. The Labute approximate surface area is 122 Å². The molecular weight excluding hydrogens is 301 g/mol. The molecule has 1 heterocycles. The molecule has 0 saturated heterocycles. The summed E-state index contributed by atoms with van der Waals surface area (Å²) < 4.78 is 38.7. The van der Waals surface area contributed by atoms with Crippen LogP contribution in [-0.4, -0.2) is 30.5 Å². The molecule has 0 radical (unpaired) electrons. The lowest BCUT2D eigenvalue weighted by atomic mass is 10.1. The average Bonchev–Trinajstić information content (AvgIpc) is 2.28. The molecule has 0 atom stereocenters. The van der Waals surface area contributed by atoms with Crippen molar-refractivity contribution in [1.29, 1.82) is 0 Å². The summed E-state index contributed by atoms with van der Waals surface area (Å²) in [5.74, 6) is 0. The van der Waals surface area contributed by atoms with Crippen LogP contribution in [0, 0.1) is 6.92 Å². The number of pyridine rings is 1. The van der Waals surface area contributed by atoms with Crippen LogP contribution < -0.4 is 0 Å². The Hall–Kier alpha value is -0.823. The zero-order chi connectivity index (χ0) is 15.6. The Bertz CT molecular complexity index is 507. The van der Waals surface area contributed by atoms with Crippen LogP contribution in [0.25, 0.3) is 0 Å². The van der Waals surface area contributed by atoms with Gasteiger partial charge in [-0.25, -0.2) is 0 Å². The molecule has 0 unspecified atom stereocenters. The summed E-state index contributed by atoms with van der Waals surface area (Å²) in [7, 11) is -1.38. The second-order valence-electron chi connectivity index (χ2n) is 5.77. The molecular formula is C13H19F3N2SSi. The van der Waals surface area contributed by atoms with E-state index in [4.69, 9.17) is 0 Å². The Balaban J connectivity index is 3.18. The zero-order valence-corrected chi connectivity index (χ0v) is 14.1. The predicted molar refractivity (Wildman–Crippen MR) is 82.2 cm³/mol. The molecule has 1 aromatic rings. The van der Waals surface area contributed by atoms with Crippen molar-refractivity contribution in [3.63, 3.8) is 0 Å². The smallest absolute Gasteiger partial charge is 0.279 e. The van der Waals surface area contributed by atoms with E-state index in [2.05, 4.69) is 29.6 Å². The van der Waals surface area contributed by atoms with Crippen molar-refractivity contribution in [3.8, 4) is 0 Å². The van der Waals surface area contributed by atoms with Gasteiger partial charge in [-0.15, -0.1) is 11.8 Å². The summed E-state index contributed by atoms with van der Waals surface area (Å²) in [6.07, 6.45) is -0.611. The Kier molecular flexibility index (Phi) is 5.43. The molecule has 0 fully saturated rings. The van der Waals surface area contributed by atoms with E-state index >= 15 is 0 Å². The summed E-state index contributed by atoms with van der Waals surface area (Å²) >= 11 is 1.33. The van der Waals surface area contributed by atoms with Gasteiger partial charge in [-0.3, -0.25) is 9.98 Å². The van der Waals surface area contributed by atoms with Crippen molar-refractivity contribution in [3.05, 3.63) is 29.1 Å². The van der Waals surface area contributed by atoms with Gasteiger partial charge in [0.05, 0.1) is 19.3 Å². The highest BCUT2D eigenvalue weighted by Crippen LogP contribution is 2.32. The van der Waals surface area contributed by atoms with Crippen molar-refractivity contribution in [1.82, 2.24) is 4.98 Å². The van der Waals surface area contributed by atoms with Crippen LogP contribution >= 0.6 is 11.8 Å². The van der Waals surface area contributed by atoms with Gasteiger partial charge >= 0.3 is 6.18 Å². The average molecular weight is 320 g/mol.